The number of thioether (sulfide) groups is 1. The zero-order valence-electron chi connectivity index (χ0n) is 9.74. The second-order valence-electron chi connectivity index (χ2n) is 4.08. The molecule has 2 rings (SSSR count). The first-order valence-corrected chi connectivity index (χ1v) is 7.10. The average Bonchev–Trinajstić information content (AvgIpc) is 2.58. The van der Waals surface area contributed by atoms with Crippen LogP contribution in [0.2, 0.25) is 0 Å². The third kappa shape index (κ3) is 3.16. The van der Waals surface area contributed by atoms with Crippen molar-refractivity contribution in [3.63, 3.8) is 0 Å². The van der Waals surface area contributed by atoms with Crippen LogP contribution in [0.3, 0.4) is 0 Å². The highest BCUT2D eigenvalue weighted by atomic mass is 32.2. The van der Waals surface area contributed by atoms with Crippen LogP contribution in [0.5, 0.6) is 0 Å². The van der Waals surface area contributed by atoms with E-state index in [4.69, 9.17) is 4.74 Å². The van der Waals surface area contributed by atoms with Gasteiger partial charge in [0, 0.05) is 29.8 Å². The molecule has 1 N–H and O–H groups in total. The van der Waals surface area contributed by atoms with Crippen LogP contribution in [0.15, 0.2) is 29.2 Å². The summed E-state index contributed by atoms with van der Waals surface area (Å²) < 4.78 is 5.47. The van der Waals surface area contributed by atoms with Gasteiger partial charge in [-0.2, -0.15) is 0 Å². The van der Waals surface area contributed by atoms with E-state index in [0.717, 1.165) is 19.6 Å². The number of nitrogens with one attached hydrogen (secondary N) is 1. The molecular weight excluding hydrogens is 218 g/mol. The highest BCUT2D eigenvalue weighted by Crippen LogP contribution is 2.26. The van der Waals surface area contributed by atoms with Crippen molar-refractivity contribution in [2.24, 2.45) is 0 Å². The topological polar surface area (TPSA) is 21.3 Å². The maximum atomic E-state index is 5.47. The standard InChI is InChI=1S/C13H19NOS/c1-16-13-7-3-2-6-12(13)14-11-5-4-9-15-10-8-11/h2-3,6-7,11,14H,4-5,8-10H2,1H3. The SMILES string of the molecule is CSc1ccccc1NC1CCCOCC1. The van der Waals surface area contributed by atoms with Crippen molar-refractivity contribution in [3.8, 4) is 0 Å². The summed E-state index contributed by atoms with van der Waals surface area (Å²) in [6.45, 7) is 1.81. The predicted molar refractivity (Wildman–Crippen MR) is 70.3 cm³/mol. The van der Waals surface area contributed by atoms with Crippen molar-refractivity contribution in [1.29, 1.82) is 0 Å². The first kappa shape index (κ1) is 11.8. The number of rotatable bonds is 3. The molecule has 1 aromatic rings. The van der Waals surface area contributed by atoms with Gasteiger partial charge >= 0.3 is 0 Å². The Balaban J connectivity index is 2.01. The average molecular weight is 237 g/mol. The molecule has 2 nitrogen and oxygen atoms in total. The summed E-state index contributed by atoms with van der Waals surface area (Å²) in [4.78, 5) is 1.33. The van der Waals surface area contributed by atoms with E-state index in [0.29, 0.717) is 6.04 Å². The monoisotopic (exact) mass is 237 g/mol. The minimum absolute atomic E-state index is 0.566. The van der Waals surface area contributed by atoms with Gasteiger partial charge in [-0.15, -0.1) is 11.8 Å². The minimum Gasteiger partial charge on any atom is -0.381 e. The number of para-hydroxylation sites is 1. The van der Waals surface area contributed by atoms with Crippen molar-refractivity contribution in [2.45, 2.75) is 30.2 Å². The molecule has 88 valence electrons. The Labute approximate surface area is 102 Å². The third-order valence-electron chi connectivity index (χ3n) is 2.92. The summed E-state index contributed by atoms with van der Waals surface area (Å²) in [5.74, 6) is 0. The van der Waals surface area contributed by atoms with Crippen LogP contribution in [-0.2, 0) is 4.74 Å². The van der Waals surface area contributed by atoms with Gasteiger partial charge in [0.25, 0.3) is 0 Å². The lowest BCUT2D eigenvalue weighted by Gasteiger charge is -2.18. The fourth-order valence-electron chi connectivity index (χ4n) is 2.03. The number of anilines is 1. The van der Waals surface area contributed by atoms with Gasteiger partial charge in [-0.05, 0) is 37.7 Å². The Bertz CT molecular complexity index is 321. The summed E-state index contributed by atoms with van der Waals surface area (Å²) in [5, 5.41) is 3.64. The molecule has 0 bridgehead atoms. The van der Waals surface area contributed by atoms with E-state index >= 15 is 0 Å². The van der Waals surface area contributed by atoms with Crippen molar-refractivity contribution < 1.29 is 4.74 Å². The van der Waals surface area contributed by atoms with Crippen LogP contribution in [-0.4, -0.2) is 25.5 Å². The summed E-state index contributed by atoms with van der Waals surface area (Å²) in [6, 6.07) is 9.08. The minimum atomic E-state index is 0.566. The first-order chi connectivity index (χ1) is 7.90. The molecule has 1 fully saturated rings. The molecule has 0 radical (unpaired) electrons. The summed E-state index contributed by atoms with van der Waals surface area (Å²) in [6.07, 6.45) is 5.61. The predicted octanol–water partition coefficient (Wildman–Crippen LogP) is 3.39. The van der Waals surface area contributed by atoms with Crippen molar-refractivity contribution in [1.82, 2.24) is 0 Å². The molecule has 0 saturated carbocycles. The Kier molecular flexibility index (Phi) is 4.55. The second-order valence-corrected chi connectivity index (χ2v) is 4.93. The molecule has 1 saturated heterocycles. The molecule has 3 heteroatoms. The number of benzene rings is 1. The summed E-state index contributed by atoms with van der Waals surface area (Å²) in [5.41, 5.74) is 1.27. The zero-order valence-corrected chi connectivity index (χ0v) is 10.6. The number of hydrogen-bond acceptors (Lipinski definition) is 3. The maximum Gasteiger partial charge on any atom is 0.0485 e. The van der Waals surface area contributed by atoms with Crippen LogP contribution in [0.25, 0.3) is 0 Å². The molecule has 0 aromatic heterocycles. The quantitative estimate of drug-likeness (QED) is 0.814. The molecule has 1 unspecified atom stereocenters. The van der Waals surface area contributed by atoms with Crippen LogP contribution < -0.4 is 5.32 Å². The second kappa shape index (κ2) is 6.16. The fourth-order valence-corrected chi connectivity index (χ4v) is 2.59. The Morgan fingerprint density at radius 2 is 2.12 bits per heavy atom. The molecule has 1 heterocycles. The molecule has 0 spiro atoms. The largest absolute Gasteiger partial charge is 0.381 e. The normalized spacial score (nSPS) is 21.4. The molecule has 1 aliphatic rings. The van der Waals surface area contributed by atoms with Gasteiger partial charge < -0.3 is 10.1 Å². The molecule has 0 amide bonds. The molecule has 0 aliphatic carbocycles. The van der Waals surface area contributed by atoms with Crippen molar-refractivity contribution >= 4 is 17.4 Å². The van der Waals surface area contributed by atoms with E-state index in [9.17, 15) is 0 Å². The van der Waals surface area contributed by atoms with Gasteiger partial charge in [-0.1, -0.05) is 12.1 Å². The molecular formula is C13H19NOS. The maximum absolute atomic E-state index is 5.47. The van der Waals surface area contributed by atoms with E-state index in [2.05, 4.69) is 35.8 Å². The molecule has 16 heavy (non-hydrogen) atoms. The van der Waals surface area contributed by atoms with Gasteiger partial charge in [0.15, 0.2) is 0 Å². The van der Waals surface area contributed by atoms with E-state index in [1.165, 1.54) is 23.4 Å². The van der Waals surface area contributed by atoms with Crippen molar-refractivity contribution in [3.05, 3.63) is 24.3 Å². The van der Waals surface area contributed by atoms with Crippen LogP contribution in [0.4, 0.5) is 5.69 Å². The van der Waals surface area contributed by atoms with Crippen LogP contribution >= 0.6 is 11.8 Å². The summed E-state index contributed by atoms with van der Waals surface area (Å²) in [7, 11) is 0. The lowest BCUT2D eigenvalue weighted by Crippen LogP contribution is -2.19. The van der Waals surface area contributed by atoms with Crippen LogP contribution in [0, 0.1) is 0 Å². The Morgan fingerprint density at radius 3 is 3.00 bits per heavy atom. The zero-order chi connectivity index (χ0) is 11.2. The van der Waals surface area contributed by atoms with E-state index in [1.54, 1.807) is 11.8 Å². The van der Waals surface area contributed by atoms with Gasteiger partial charge in [0.2, 0.25) is 0 Å². The lowest BCUT2D eigenvalue weighted by atomic mass is 10.1. The molecule has 1 aliphatic heterocycles. The van der Waals surface area contributed by atoms with E-state index < -0.39 is 0 Å². The van der Waals surface area contributed by atoms with Gasteiger partial charge in [0.1, 0.15) is 0 Å². The highest BCUT2D eigenvalue weighted by molar-refractivity contribution is 7.98. The highest BCUT2D eigenvalue weighted by Gasteiger charge is 2.13. The lowest BCUT2D eigenvalue weighted by molar-refractivity contribution is 0.144. The Morgan fingerprint density at radius 1 is 1.25 bits per heavy atom. The van der Waals surface area contributed by atoms with Gasteiger partial charge in [0.05, 0.1) is 0 Å². The van der Waals surface area contributed by atoms with E-state index in [-0.39, 0.29) is 0 Å². The number of ether oxygens (including phenoxy) is 1. The van der Waals surface area contributed by atoms with Crippen LogP contribution in [0.1, 0.15) is 19.3 Å². The molecule has 1 atom stereocenters. The van der Waals surface area contributed by atoms with Gasteiger partial charge in [-0.25, -0.2) is 0 Å². The Hall–Kier alpha value is -0.670. The van der Waals surface area contributed by atoms with Crippen molar-refractivity contribution in [2.75, 3.05) is 24.8 Å². The fraction of sp³-hybridized carbons (Fsp3) is 0.538. The first-order valence-electron chi connectivity index (χ1n) is 5.87. The van der Waals surface area contributed by atoms with E-state index in [1.807, 2.05) is 0 Å². The summed E-state index contributed by atoms with van der Waals surface area (Å²) >= 11 is 1.80. The molecule has 1 aromatic carbocycles. The number of hydrogen-bond donors (Lipinski definition) is 1. The third-order valence-corrected chi connectivity index (χ3v) is 3.71. The van der Waals surface area contributed by atoms with Gasteiger partial charge in [-0.3, -0.25) is 0 Å². The smallest absolute Gasteiger partial charge is 0.0485 e.